The number of anilines is 3. The van der Waals surface area contributed by atoms with E-state index in [1.165, 1.54) is 72.3 Å². The zero-order valence-corrected chi connectivity index (χ0v) is 31.9. The number of benzene rings is 7. The third kappa shape index (κ3) is 5.25. The Labute approximate surface area is 328 Å². The molecule has 1 aliphatic heterocycles. The van der Waals surface area contributed by atoms with Crippen molar-refractivity contribution in [3.05, 3.63) is 222 Å². The summed E-state index contributed by atoms with van der Waals surface area (Å²) >= 11 is 0. The Morgan fingerprint density at radius 1 is 0.500 bits per heavy atom. The van der Waals surface area contributed by atoms with Crippen molar-refractivity contribution >= 4 is 38.9 Å². The van der Waals surface area contributed by atoms with Gasteiger partial charge in [0.2, 0.25) is 0 Å². The van der Waals surface area contributed by atoms with Crippen molar-refractivity contribution in [1.29, 1.82) is 0 Å². The van der Waals surface area contributed by atoms with Gasteiger partial charge >= 0.3 is 0 Å². The SMILES string of the molecule is Cc1cccc(C)c1-c1ccnc(-n2c3ccccc3c3ccc(C(c4ccccc4)(c4ccccc4)c4cccc(N5CN(C)c6ccccc65)c4)cc32)c1. The molecule has 1 aliphatic rings. The number of hydrogen-bond donors (Lipinski definition) is 0. The summed E-state index contributed by atoms with van der Waals surface area (Å²) in [5, 5.41) is 2.40. The lowest BCUT2D eigenvalue weighted by Crippen LogP contribution is -2.31. The minimum absolute atomic E-state index is 0.646. The van der Waals surface area contributed by atoms with Gasteiger partial charge in [-0.15, -0.1) is 0 Å². The molecular weight excluding hydrogens is 681 g/mol. The van der Waals surface area contributed by atoms with Gasteiger partial charge in [-0.1, -0.05) is 133 Å². The first-order chi connectivity index (χ1) is 27.5. The number of pyridine rings is 1. The molecule has 0 fully saturated rings. The van der Waals surface area contributed by atoms with Crippen LogP contribution in [0.5, 0.6) is 0 Å². The molecule has 7 aromatic carbocycles. The Bertz CT molecular complexity index is 2830. The highest BCUT2D eigenvalue weighted by Gasteiger charge is 2.39. The first kappa shape index (κ1) is 33.6. The molecular formula is C52H42N4. The fourth-order valence-corrected chi connectivity index (χ4v) is 9.30. The van der Waals surface area contributed by atoms with Crippen LogP contribution in [-0.4, -0.2) is 23.3 Å². The predicted molar refractivity (Wildman–Crippen MR) is 234 cm³/mol. The van der Waals surface area contributed by atoms with Crippen molar-refractivity contribution in [1.82, 2.24) is 9.55 Å². The molecule has 0 N–H and O–H groups in total. The van der Waals surface area contributed by atoms with E-state index in [0.717, 1.165) is 23.5 Å². The van der Waals surface area contributed by atoms with Crippen molar-refractivity contribution in [2.24, 2.45) is 0 Å². The molecule has 10 rings (SSSR count). The zero-order chi connectivity index (χ0) is 37.8. The highest BCUT2D eigenvalue weighted by Crippen LogP contribution is 2.49. The molecule has 0 radical (unpaired) electrons. The van der Waals surface area contributed by atoms with Gasteiger partial charge in [-0.05, 0) is 107 Å². The monoisotopic (exact) mass is 722 g/mol. The smallest absolute Gasteiger partial charge is 0.138 e. The van der Waals surface area contributed by atoms with Gasteiger partial charge in [0.05, 0.1) is 34.5 Å². The molecule has 270 valence electrons. The van der Waals surface area contributed by atoms with E-state index in [1.54, 1.807) is 0 Å². The average Bonchev–Trinajstić information content (AvgIpc) is 3.76. The largest absolute Gasteiger partial charge is 0.355 e. The lowest BCUT2D eigenvalue weighted by Gasteiger charge is -2.37. The molecule has 0 saturated carbocycles. The van der Waals surface area contributed by atoms with E-state index in [0.29, 0.717) is 0 Å². The number of rotatable bonds is 7. The van der Waals surface area contributed by atoms with Crippen molar-refractivity contribution in [2.75, 3.05) is 23.5 Å². The number of nitrogens with zero attached hydrogens (tertiary/aromatic N) is 4. The maximum atomic E-state index is 5.07. The molecule has 0 bridgehead atoms. The van der Waals surface area contributed by atoms with Gasteiger partial charge < -0.3 is 9.80 Å². The van der Waals surface area contributed by atoms with Gasteiger partial charge in [0.15, 0.2) is 0 Å². The van der Waals surface area contributed by atoms with E-state index >= 15 is 0 Å². The minimum atomic E-state index is -0.646. The maximum Gasteiger partial charge on any atom is 0.138 e. The van der Waals surface area contributed by atoms with Gasteiger partial charge in [0.25, 0.3) is 0 Å². The summed E-state index contributed by atoms with van der Waals surface area (Å²) in [4.78, 5) is 9.81. The molecule has 0 atom stereocenters. The number of aryl methyl sites for hydroxylation is 2. The lowest BCUT2D eigenvalue weighted by molar-refractivity contribution is 0.745. The number of aromatic nitrogens is 2. The Morgan fingerprint density at radius 2 is 1.11 bits per heavy atom. The summed E-state index contributed by atoms with van der Waals surface area (Å²) in [6.45, 7) is 5.17. The van der Waals surface area contributed by atoms with Gasteiger partial charge in [0, 0.05) is 29.7 Å². The number of hydrogen-bond acceptors (Lipinski definition) is 3. The van der Waals surface area contributed by atoms with Crippen molar-refractivity contribution in [2.45, 2.75) is 19.3 Å². The van der Waals surface area contributed by atoms with E-state index in [2.05, 4.69) is 217 Å². The topological polar surface area (TPSA) is 24.3 Å². The van der Waals surface area contributed by atoms with Crippen LogP contribution in [-0.2, 0) is 5.41 Å². The maximum absolute atomic E-state index is 5.07. The third-order valence-corrected chi connectivity index (χ3v) is 11.8. The second-order valence-corrected chi connectivity index (χ2v) is 15.0. The first-order valence-corrected chi connectivity index (χ1v) is 19.4. The van der Waals surface area contributed by atoms with Crippen LogP contribution in [0.25, 0.3) is 38.8 Å². The molecule has 0 aliphatic carbocycles. The Morgan fingerprint density at radius 3 is 1.86 bits per heavy atom. The summed E-state index contributed by atoms with van der Waals surface area (Å²) in [5.74, 6) is 0.900. The van der Waals surface area contributed by atoms with E-state index in [4.69, 9.17) is 4.98 Å². The van der Waals surface area contributed by atoms with Crippen LogP contribution in [0.2, 0.25) is 0 Å². The Balaban J connectivity index is 1.25. The van der Waals surface area contributed by atoms with Gasteiger partial charge in [-0.3, -0.25) is 4.57 Å². The molecule has 0 spiro atoms. The van der Waals surface area contributed by atoms with Crippen LogP contribution in [0.4, 0.5) is 17.1 Å². The number of fused-ring (bicyclic) bond motifs is 4. The molecule has 0 saturated heterocycles. The average molecular weight is 723 g/mol. The summed E-state index contributed by atoms with van der Waals surface area (Å²) in [5.41, 5.74) is 15.0. The Kier molecular flexibility index (Phi) is 8.07. The van der Waals surface area contributed by atoms with E-state index in [1.807, 2.05) is 6.20 Å². The molecule has 0 amide bonds. The van der Waals surface area contributed by atoms with Crippen molar-refractivity contribution < 1.29 is 0 Å². The molecule has 4 heteroatoms. The van der Waals surface area contributed by atoms with Crippen LogP contribution in [0.15, 0.2) is 188 Å². The quantitative estimate of drug-likeness (QED) is 0.153. The molecule has 4 nitrogen and oxygen atoms in total. The van der Waals surface area contributed by atoms with Gasteiger partial charge in [-0.25, -0.2) is 4.98 Å². The zero-order valence-electron chi connectivity index (χ0n) is 31.9. The lowest BCUT2D eigenvalue weighted by atomic mass is 9.65. The molecule has 2 aromatic heterocycles. The van der Waals surface area contributed by atoms with Gasteiger partial charge in [0.1, 0.15) is 5.82 Å². The van der Waals surface area contributed by atoms with Crippen LogP contribution in [0.1, 0.15) is 33.4 Å². The predicted octanol–water partition coefficient (Wildman–Crippen LogP) is 12.4. The van der Waals surface area contributed by atoms with Crippen LogP contribution in [0, 0.1) is 13.8 Å². The summed E-state index contributed by atoms with van der Waals surface area (Å²) < 4.78 is 2.36. The van der Waals surface area contributed by atoms with Crippen LogP contribution >= 0.6 is 0 Å². The minimum Gasteiger partial charge on any atom is -0.355 e. The second-order valence-electron chi connectivity index (χ2n) is 15.0. The van der Waals surface area contributed by atoms with E-state index < -0.39 is 5.41 Å². The normalized spacial score (nSPS) is 12.8. The van der Waals surface area contributed by atoms with Crippen LogP contribution < -0.4 is 9.80 Å². The summed E-state index contributed by atoms with van der Waals surface area (Å²) in [7, 11) is 2.17. The van der Waals surface area contributed by atoms with Crippen molar-refractivity contribution in [3.8, 4) is 16.9 Å². The molecule has 9 aromatic rings. The Hall–Kier alpha value is -6.91. The first-order valence-electron chi connectivity index (χ1n) is 19.4. The summed E-state index contributed by atoms with van der Waals surface area (Å²) in [6.07, 6.45) is 1.96. The van der Waals surface area contributed by atoms with Crippen LogP contribution in [0.3, 0.4) is 0 Å². The van der Waals surface area contributed by atoms with E-state index in [9.17, 15) is 0 Å². The fraction of sp³-hybridized carbons (Fsp3) is 0.0962. The third-order valence-electron chi connectivity index (χ3n) is 11.8. The van der Waals surface area contributed by atoms with Gasteiger partial charge in [-0.2, -0.15) is 0 Å². The number of para-hydroxylation sites is 3. The van der Waals surface area contributed by atoms with E-state index in [-0.39, 0.29) is 0 Å². The highest BCUT2D eigenvalue weighted by molar-refractivity contribution is 6.09. The standard InChI is InChI=1S/C52H42N4/c1-36-16-14-17-37(2)51(36)38-30-31-53-50(32-38)56-46-25-11-10-24-44(46)45-29-28-42(34-49(45)56)52(39-18-6-4-7-19-39,40-20-8-5-9-21-40)41-22-15-23-43(33-41)55-35-54(3)47-26-12-13-27-48(47)55/h4-34H,35H2,1-3H3. The molecule has 0 unspecified atom stereocenters. The van der Waals surface area contributed by atoms with Crippen molar-refractivity contribution in [3.63, 3.8) is 0 Å². The molecule has 56 heavy (non-hydrogen) atoms. The second kappa shape index (κ2) is 13.4. The molecule has 3 heterocycles. The fourth-order valence-electron chi connectivity index (χ4n) is 9.30. The summed E-state index contributed by atoms with van der Waals surface area (Å²) in [6, 6.07) is 66.7. The highest BCUT2D eigenvalue weighted by atomic mass is 15.4.